The summed E-state index contributed by atoms with van der Waals surface area (Å²) in [6, 6.07) is 0. The smallest absolute Gasteiger partial charge is 0.404 e. The SMILES string of the molecule is Cc1nn(C)nc1C(=O)CCCNC(=O)O. The average molecular weight is 226 g/mol. The molecule has 7 nitrogen and oxygen atoms in total. The molecular weight excluding hydrogens is 212 g/mol. The van der Waals surface area contributed by atoms with Crippen LogP contribution in [-0.4, -0.2) is 38.5 Å². The first-order valence-electron chi connectivity index (χ1n) is 4.88. The normalized spacial score (nSPS) is 10.1. The van der Waals surface area contributed by atoms with E-state index < -0.39 is 6.09 Å². The van der Waals surface area contributed by atoms with E-state index in [9.17, 15) is 9.59 Å². The molecule has 1 amide bonds. The number of ketones is 1. The third kappa shape index (κ3) is 3.34. The van der Waals surface area contributed by atoms with Gasteiger partial charge in [-0.15, -0.1) is 0 Å². The number of carboxylic acid groups (broad SMARTS) is 1. The molecule has 1 heterocycles. The molecular formula is C9H14N4O3. The Kier molecular flexibility index (Phi) is 3.98. The maximum atomic E-state index is 11.6. The van der Waals surface area contributed by atoms with Crippen LogP contribution in [0.4, 0.5) is 4.79 Å². The fourth-order valence-corrected chi connectivity index (χ4v) is 1.32. The highest BCUT2D eigenvalue weighted by Crippen LogP contribution is 2.05. The summed E-state index contributed by atoms with van der Waals surface area (Å²) in [4.78, 5) is 23.1. The van der Waals surface area contributed by atoms with E-state index in [-0.39, 0.29) is 18.7 Å². The first-order chi connectivity index (χ1) is 7.50. The molecule has 0 fully saturated rings. The number of hydrogen-bond donors (Lipinski definition) is 2. The van der Waals surface area contributed by atoms with Crippen molar-refractivity contribution in [1.29, 1.82) is 0 Å². The fraction of sp³-hybridized carbons (Fsp3) is 0.556. The van der Waals surface area contributed by atoms with E-state index in [0.717, 1.165) is 0 Å². The highest BCUT2D eigenvalue weighted by Gasteiger charge is 2.13. The summed E-state index contributed by atoms with van der Waals surface area (Å²) >= 11 is 0. The number of nitrogens with zero attached hydrogens (tertiary/aromatic N) is 3. The van der Waals surface area contributed by atoms with Gasteiger partial charge in [0.1, 0.15) is 0 Å². The summed E-state index contributed by atoms with van der Waals surface area (Å²) in [5.74, 6) is -0.113. The summed E-state index contributed by atoms with van der Waals surface area (Å²) in [6.45, 7) is 1.98. The van der Waals surface area contributed by atoms with Crippen LogP contribution in [0.5, 0.6) is 0 Å². The molecule has 1 aromatic heterocycles. The van der Waals surface area contributed by atoms with Crippen molar-refractivity contribution in [3.63, 3.8) is 0 Å². The first kappa shape index (κ1) is 12.2. The van der Waals surface area contributed by atoms with Gasteiger partial charge in [0.15, 0.2) is 11.5 Å². The molecule has 0 saturated heterocycles. The topological polar surface area (TPSA) is 97.1 Å². The maximum absolute atomic E-state index is 11.6. The predicted octanol–water partition coefficient (Wildman–Crippen LogP) is 0.354. The molecule has 0 aromatic carbocycles. The Morgan fingerprint density at radius 3 is 2.62 bits per heavy atom. The van der Waals surface area contributed by atoms with E-state index in [4.69, 9.17) is 5.11 Å². The third-order valence-corrected chi connectivity index (χ3v) is 2.00. The average Bonchev–Trinajstić information content (AvgIpc) is 2.52. The van der Waals surface area contributed by atoms with Gasteiger partial charge in [-0.1, -0.05) is 0 Å². The zero-order valence-corrected chi connectivity index (χ0v) is 9.23. The number of rotatable bonds is 5. The van der Waals surface area contributed by atoms with E-state index in [0.29, 0.717) is 17.8 Å². The Morgan fingerprint density at radius 2 is 2.12 bits per heavy atom. The minimum Gasteiger partial charge on any atom is -0.465 e. The van der Waals surface area contributed by atoms with Crippen molar-refractivity contribution >= 4 is 11.9 Å². The van der Waals surface area contributed by atoms with Crippen LogP contribution >= 0.6 is 0 Å². The summed E-state index contributed by atoms with van der Waals surface area (Å²) in [7, 11) is 1.65. The van der Waals surface area contributed by atoms with Crippen molar-refractivity contribution in [3.8, 4) is 0 Å². The molecule has 2 N–H and O–H groups in total. The lowest BCUT2D eigenvalue weighted by atomic mass is 10.1. The first-order valence-corrected chi connectivity index (χ1v) is 4.88. The monoisotopic (exact) mass is 226 g/mol. The summed E-state index contributed by atoms with van der Waals surface area (Å²) in [6.07, 6.45) is -0.357. The van der Waals surface area contributed by atoms with Gasteiger partial charge in [-0.05, 0) is 13.3 Å². The Hall–Kier alpha value is -1.92. The van der Waals surface area contributed by atoms with Gasteiger partial charge >= 0.3 is 6.09 Å². The second-order valence-corrected chi connectivity index (χ2v) is 3.38. The molecule has 0 bridgehead atoms. The van der Waals surface area contributed by atoms with Crippen LogP contribution in [-0.2, 0) is 7.05 Å². The quantitative estimate of drug-likeness (QED) is 0.558. The molecule has 0 radical (unpaired) electrons. The number of carbonyl (C=O) groups excluding carboxylic acids is 1. The molecule has 0 saturated carbocycles. The van der Waals surface area contributed by atoms with Crippen LogP contribution in [0.3, 0.4) is 0 Å². The second kappa shape index (κ2) is 5.24. The van der Waals surface area contributed by atoms with Gasteiger partial charge in [0, 0.05) is 20.0 Å². The largest absolute Gasteiger partial charge is 0.465 e. The molecule has 7 heteroatoms. The molecule has 16 heavy (non-hydrogen) atoms. The molecule has 0 aliphatic rings. The van der Waals surface area contributed by atoms with Gasteiger partial charge in [0.2, 0.25) is 0 Å². The third-order valence-electron chi connectivity index (χ3n) is 2.00. The number of hydrogen-bond acceptors (Lipinski definition) is 4. The number of aryl methyl sites for hydroxylation is 2. The lowest BCUT2D eigenvalue weighted by molar-refractivity contribution is 0.0973. The van der Waals surface area contributed by atoms with Crippen LogP contribution in [0.1, 0.15) is 29.0 Å². The lowest BCUT2D eigenvalue weighted by Crippen LogP contribution is -2.22. The van der Waals surface area contributed by atoms with E-state index >= 15 is 0 Å². The van der Waals surface area contributed by atoms with E-state index in [1.165, 1.54) is 4.80 Å². The highest BCUT2D eigenvalue weighted by atomic mass is 16.4. The number of carbonyl (C=O) groups is 2. The number of amides is 1. The molecule has 1 aromatic rings. The molecule has 0 atom stereocenters. The maximum Gasteiger partial charge on any atom is 0.404 e. The van der Waals surface area contributed by atoms with Gasteiger partial charge in [-0.25, -0.2) is 4.79 Å². The fourth-order valence-electron chi connectivity index (χ4n) is 1.32. The van der Waals surface area contributed by atoms with Crippen LogP contribution in [0.2, 0.25) is 0 Å². The summed E-state index contributed by atoms with van der Waals surface area (Å²) in [5, 5.41) is 18.4. The summed E-state index contributed by atoms with van der Waals surface area (Å²) in [5.41, 5.74) is 0.955. The number of Topliss-reactive ketones (excluding diaryl/α,β-unsaturated/α-hetero) is 1. The van der Waals surface area contributed by atoms with Crippen LogP contribution in [0.25, 0.3) is 0 Å². The molecule has 0 aliphatic carbocycles. The Bertz CT molecular complexity index is 399. The van der Waals surface area contributed by atoms with Crippen molar-refractivity contribution in [2.24, 2.45) is 7.05 Å². The van der Waals surface area contributed by atoms with Crippen LogP contribution in [0, 0.1) is 6.92 Å². The highest BCUT2D eigenvalue weighted by molar-refractivity contribution is 5.95. The van der Waals surface area contributed by atoms with Gasteiger partial charge in [-0.2, -0.15) is 15.0 Å². The molecule has 0 spiro atoms. The lowest BCUT2D eigenvalue weighted by Gasteiger charge is -1.99. The molecule has 0 unspecified atom stereocenters. The van der Waals surface area contributed by atoms with Crippen molar-refractivity contribution < 1.29 is 14.7 Å². The van der Waals surface area contributed by atoms with Gasteiger partial charge < -0.3 is 10.4 Å². The predicted molar refractivity (Wildman–Crippen MR) is 55.3 cm³/mol. The standard InChI is InChI=1S/C9H14N4O3/c1-6-8(12-13(2)11-6)7(14)4-3-5-10-9(15)16/h10H,3-5H2,1-2H3,(H,15,16). The minimum atomic E-state index is -1.08. The van der Waals surface area contributed by atoms with Crippen LogP contribution in [0.15, 0.2) is 0 Å². The van der Waals surface area contributed by atoms with Crippen molar-refractivity contribution in [1.82, 2.24) is 20.3 Å². The van der Waals surface area contributed by atoms with Gasteiger partial charge in [-0.3, -0.25) is 4.79 Å². The van der Waals surface area contributed by atoms with Crippen molar-refractivity contribution in [2.75, 3.05) is 6.54 Å². The van der Waals surface area contributed by atoms with Gasteiger partial charge in [0.25, 0.3) is 0 Å². The number of aromatic nitrogens is 3. The zero-order chi connectivity index (χ0) is 12.1. The van der Waals surface area contributed by atoms with Gasteiger partial charge in [0.05, 0.1) is 5.69 Å². The zero-order valence-electron chi connectivity index (χ0n) is 9.23. The molecule has 88 valence electrons. The Labute approximate surface area is 92.4 Å². The van der Waals surface area contributed by atoms with Crippen molar-refractivity contribution in [3.05, 3.63) is 11.4 Å². The van der Waals surface area contributed by atoms with E-state index in [1.54, 1.807) is 14.0 Å². The summed E-state index contributed by atoms with van der Waals surface area (Å²) < 4.78 is 0. The molecule has 1 rings (SSSR count). The minimum absolute atomic E-state index is 0.113. The second-order valence-electron chi connectivity index (χ2n) is 3.38. The van der Waals surface area contributed by atoms with Crippen LogP contribution < -0.4 is 5.32 Å². The Morgan fingerprint density at radius 1 is 1.44 bits per heavy atom. The molecule has 0 aliphatic heterocycles. The Balaban J connectivity index is 2.41. The number of nitrogens with one attached hydrogen (secondary N) is 1. The van der Waals surface area contributed by atoms with E-state index in [2.05, 4.69) is 15.5 Å². The van der Waals surface area contributed by atoms with Crippen molar-refractivity contribution in [2.45, 2.75) is 19.8 Å². The van der Waals surface area contributed by atoms with E-state index in [1.807, 2.05) is 0 Å².